The Morgan fingerprint density at radius 1 is 0.857 bits per heavy atom. The van der Waals surface area contributed by atoms with Crippen molar-refractivity contribution in [1.82, 2.24) is 0 Å². The fourth-order valence-corrected chi connectivity index (χ4v) is 8.93. The van der Waals surface area contributed by atoms with Crippen LogP contribution in [0.1, 0.15) is 54.2 Å². The van der Waals surface area contributed by atoms with E-state index in [1.165, 1.54) is 0 Å². The largest absolute Gasteiger partial charge is 0.497 e. The van der Waals surface area contributed by atoms with Crippen LogP contribution in [0.25, 0.3) is 10.8 Å². The number of methoxy groups -OCH3 is 1. The van der Waals surface area contributed by atoms with Crippen molar-refractivity contribution in [2.45, 2.75) is 50.9 Å². The number of aliphatic hydroxyl groups is 1. The molecule has 3 aliphatic rings. The summed E-state index contributed by atoms with van der Waals surface area (Å²) < 4.78 is 12.4. The summed E-state index contributed by atoms with van der Waals surface area (Å²) in [5, 5.41) is 12.2. The normalized spacial score (nSPS) is 22.8. The van der Waals surface area contributed by atoms with Gasteiger partial charge < -0.3 is 19.5 Å². The summed E-state index contributed by atoms with van der Waals surface area (Å²) >= 11 is 0. The van der Waals surface area contributed by atoms with Crippen molar-refractivity contribution in [3.8, 4) is 5.75 Å². The van der Waals surface area contributed by atoms with E-state index in [2.05, 4.69) is 32.9 Å². The van der Waals surface area contributed by atoms with Gasteiger partial charge in [0.25, 0.3) is 11.8 Å². The lowest BCUT2D eigenvalue weighted by Gasteiger charge is -2.38. The van der Waals surface area contributed by atoms with Crippen LogP contribution in [0.5, 0.6) is 5.75 Å². The van der Waals surface area contributed by atoms with Gasteiger partial charge in [-0.15, -0.1) is 0 Å². The third kappa shape index (κ3) is 4.56. The molecule has 1 spiro atoms. The number of carbonyl (C=O) groups is 2. The Labute approximate surface area is 286 Å². The quantitative estimate of drug-likeness (QED) is 0.184. The highest BCUT2D eigenvalue weighted by atomic mass is 16.5. The second-order valence-electron chi connectivity index (χ2n) is 14.1. The molecule has 2 amide bonds. The number of carbonyl (C=O) groups excluding carboxylic acids is 2. The first-order chi connectivity index (χ1) is 23.7. The van der Waals surface area contributed by atoms with Crippen molar-refractivity contribution in [2.75, 3.05) is 23.5 Å². The minimum atomic E-state index is -1.18. The van der Waals surface area contributed by atoms with Crippen LogP contribution in [0.4, 0.5) is 17.1 Å². The first-order valence-corrected chi connectivity index (χ1v) is 17.0. The minimum absolute atomic E-state index is 0.0341. The smallest absolute Gasteiger partial charge is 0.264 e. The molecule has 0 radical (unpaired) electrons. The summed E-state index contributed by atoms with van der Waals surface area (Å²) in [5.41, 5.74) is 4.60. The topological polar surface area (TPSA) is 79.3 Å². The van der Waals surface area contributed by atoms with Gasteiger partial charge in [-0.25, -0.2) is 0 Å². The van der Waals surface area contributed by atoms with Crippen LogP contribution in [-0.2, 0) is 27.1 Å². The van der Waals surface area contributed by atoms with E-state index in [0.29, 0.717) is 18.5 Å². The zero-order chi connectivity index (χ0) is 34.1. The van der Waals surface area contributed by atoms with E-state index in [9.17, 15) is 14.7 Å². The minimum Gasteiger partial charge on any atom is -0.497 e. The Morgan fingerprint density at radius 2 is 1.55 bits per heavy atom. The summed E-state index contributed by atoms with van der Waals surface area (Å²) in [7, 11) is 1.66. The van der Waals surface area contributed by atoms with E-state index in [1.54, 1.807) is 12.0 Å². The van der Waals surface area contributed by atoms with Crippen molar-refractivity contribution in [3.05, 3.63) is 131 Å². The molecular weight excluding hydrogens is 612 g/mol. The van der Waals surface area contributed by atoms with E-state index in [0.717, 1.165) is 50.3 Å². The molecule has 0 bridgehead atoms. The van der Waals surface area contributed by atoms with E-state index in [-0.39, 0.29) is 41.8 Å². The van der Waals surface area contributed by atoms with Crippen LogP contribution in [0.15, 0.2) is 109 Å². The fourth-order valence-electron chi connectivity index (χ4n) is 8.93. The lowest BCUT2D eigenvalue weighted by Crippen LogP contribution is -2.45. The van der Waals surface area contributed by atoms with Gasteiger partial charge in [0.15, 0.2) is 5.60 Å². The molecule has 0 saturated carbocycles. The number of nitrogens with zero attached hydrogens (tertiary/aromatic N) is 2. The van der Waals surface area contributed by atoms with Crippen LogP contribution in [0.2, 0.25) is 0 Å². The number of anilines is 3. The molecule has 5 aromatic rings. The molecule has 3 heterocycles. The summed E-state index contributed by atoms with van der Waals surface area (Å²) in [5.74, 6) is 0.417. The second-order valence-corrected chi connectivity index (χ2v) is 14.1. The highest BCUT2D eigenvalue weighted by Gasteiger charge is 2.65. The van der Waals surface area contributed by atoms with Crippen molar-refractivity contribution >= 4 is 39.6 Å². The van der Waals surface area contributed by atoms with Crippen LogP contribution >= 0.6 is 0 Å². The maximum atomic E-state index is 14.9. The number of fused-ring (bicyclic) bond motifs is 2. The number of para-hydroxylation sites is 1. The molecule has 0 aliphatic carbocycles. The molecule has 1 N–H and O–H groups in total. The average molecular weight is 653 g/mol. The zero-order valence-electron chi connectivity index (χ0n) is 28.2. The predicted molar refractivity (Wildman–Crippen MR) is 191 cm³/mol. The molecular formula is C42H40N2O5. The van der Waals surface area contributed by atoms with Crippen molar-refractivity contribution < 1.29 is 24.2 Å². The number of benzene rings is 5. The molecule has 7 nitrogen and oxygen atoms in total. The number of amides is 2. The number of hydrogen-bond acceptors (Lipinski definition) is 5. The van der Waals surface area contributed by atoms with E-state index in [1.807, 2.05) is 102 Å². The van der Waals surface area contributed by atoms with Crippen molar-refractivity contribution in [3.63, 3.8) is 0 Å². The van der Waals surface area contributed by atoms with Crippen LogP contribution < -0.4 is 14.5 Å². The zero-order valence-corrected chi connectivity index (χ0v) is 28.2. The van der Waals surface area contributed by atoms with E-state index in [4.69, 9.17) is 9.47 Å². The van der Waals surface area contributed by atoms with Crippen LogP contribution in [0.3, 0.4) is 0 Å². The highest BCUT2D eigenvalue weighted by molar-refractivity contribution is 6.27. The van der Waals surface area contributed by atoms with Crippen molar-refractivity contribution in [2.24, 2.45) is 11.8 Å². The number of rotatable bonds is 8. The Balaban J connectivity index is 1.11. The van der Waals surface area contributed by atoms with E-state index < -0.39 is 5.60 Å². The Bertz CT molecular complexity index is 2080. The molecule has 49 heavy (non-hydrogen) atoms. The van der Waals surface area contributed by atoms with Gasteiger partial charge >= 0.3 is 0 Å². The van der Waals surface area contributed by atoms with Gasteiger partial charge in [0.05, 0.1) is 36.7 Å². The molecule has 1 fully saturated rings. The van der Waals surface area contributed by atoms with Crippen LogP contribution in [0, 0.1) is 11.8 Å². The Hall–Kier alpha value is -4.98. The van der Waals surface area contributed by atoms with Gasteiger partial charge in [-0.2, -0.15) is 0 Å². The van der Waals surface area contributed by atoms with Gasteiger partial charge in [-0.1, -0.05) is 87.5 Å². The third-order valence-corrected chi connectivity index (χ3v) is 11.2. The molecule has 248 valence electrons. The second kappa shape index (κ2) is 11.6. The molecule has 8 rings (SSSR count). The van der Waals surface area contributed by atoms with Gasteiger partial charge in [0.2, 0.25) is 0 Å². The molecule has 0 aromatic heterocycles. The molecule has 5 aromatic carbocycles. The maximum Gasteiger partial charge on any atom is 0.264 e. The maximum absolute atomic E-state index is 14.9. The molecule has 3 aliphatic heterocycles. The summed E-state index contributed by atoms with van der Waals surface area (Å²) in [6.45, 7) is 6.86. The average Bonchev–Trinajstić information content (AvgIpc) is 3.67. The van der Waals surface area contributed by atoms with Gasteiger partial charge in [0.1, 0.15) is 5.75 Å². The SMILES string of the molecule is COc1ccc(C(C)(C)[C@@H]2[C@@H](CCO)O[C@]3(C(=O)N(Cc4ccc(N5C(=O)c6cccc7cccc5c67)cc4)c4ccccc43)[C@H]2C)cc1. The highest BCUT2D eigenvalue weighted by Crippen LogP contribution is 2.59. The van der Waals surface area contributed by atoms with Crippen molar-refractivity contribution in [1.29, 1.82) is 0 Å². The lowest BCUT2D eigenvalue weighted by molar-refractivity contribution is -0.146. The van der Waals surface area contributed by atoms with Gasteiger partial charge in [-0.3, -0.25) is 14.5 Å². The number of ether oxygens (including phenoxy) is 2. The molecule has 0 unspecified atom stereocenters. The molecule has 1 saturated heterocycles. The Kier molecular flexibility index (Phi) is 7.39. The lowest BCUT2D eigenvalue weighted by atomic mass is 9.63. The first kappa shape index (κ1) is 31.3. The standard InChI is InChI=1S/C42H40N2O5/c1-26-38(41(2,3)29-17-21-31(48-4)22-18-29)36(23-24-45)49-42(26)33-12-5-6-13-34(33)43(40(42)47)25-27-15-19-30(20-16-27)44-35-14-8-10-28-9-7-11-32(37(28)35)39(44)46/h5-22,26,36,38,45H,23-25H2,1-4H3/t26-,36+,38-,42+/m0/s1. The third-order valence-electron chi connectivity index (χ3n) is 11.2. The predicted octanol–water partition coefficient (Wildman–Crippen LogP) is 7.89. The Morgan fingerprint density at radius 3 is 2.27 bits per heavy atom. The first-order valence-electron chi connectivity index (χ1n) is 17.0. The summed E-state index contributed by atoms with van der Waals surface area (Å²) in [6, 6.07) is 35.8. The van der Waals surface area contributed by atoms with E-state index >= 15 is 0 Å². The monoisotopic (exact) mass is 652 g/mol. The fraction of sp³-hybridized carbons (Fsp3) is 0.286. The molecule has 4 atom stereocenters. The van der Waals surface area contributed by atoms with Gasteiger partial charge in [-0.05, 0) is 70.8 Å². The number of hydrogen-bond donors (Lipinski definition) is 1. The molecule has 7 heteroatoms. The number of aliphatic hydroxyl groups excluding tert-OH is 1. The van der Waals surface area contributed by atoms with Crippen LogP contribution in [-0.4, -0.2) is 36.7 Å². The summed E-state index contributed by atoms with van der Waals surface area (Å²) in [6.07, 6.45) is 0.0972. The van der Waals surface area contributed by atoms with Gasteiger partial charge in [0, 0.05) is 35.1 Å². The summed E-state index contributed by atoms with van der Waals surface area (Å²) in [4.78, 5) is 32.0.